The van der Waals surface area contributed by atoms with Gasteiger partial charge in [0.1, 0.15) is 11.5 Å². The molecule has 5 N–H and O–H groups in total. The lowest BCUT2D eigenvalue weighted by molar-refractivity contribution is 0.176. The van der Waals surface area contributed by atoms with E-state index in [4.69, 9.17) is 5.73 Å². The number of nitrogens with two attached hydrogens (primary N) is 1. The fourth-order valence-corrected chi connectivity index (χ4v) is 1.73. The second kappa shape index (κ2) is 6.25. The number of nitrogen functional groups attached to an aromatic ring is 1. The molecule has 0 bridgehead atoms. The highest BCUT2D eigenvalue weighted by atomic mass is 16.3. The Hall–Kier alpha value is -1.76. The lowest BCUT2D eigenvalue weighted by Crippen LogP contribution is -2.34. The van der Waals surface area contributed by atoms with Crippen LogP contribution in [-0.4, -0.2) is 27.3 Å². The molecular formula is C11H20N4O3. The van der Waals surface area contributed by atoms with Gasteiger partial charge in [0.25, 0.3) is 5.56 Å². The van der Waals surface area contributed by atoms with Crippen LogP contribution in [0.1, 0.15) is 26.7 Å². The van der Waals surface area contributed by atoms with Gasteiger partial charge in [-0.25, -0.2) is 4.79 Å². The SMILES string of the molecule is CCCC(O)CNc1c(N)n(CC)c(=O)[nH]c1=O. The first-order valence-electron chi connectivity index (χ1n) is 6.05. The zero-order chi connectivity index (χ0) is 13.7. The summed E-state index contributed by atoms with van der Waals surface area (Å²) in [6.07, 6.45) is 0.942. The van der Waals surface area contributed by atoms with E-state index in [1.54, 1.807) is 6.92 Å². The molecule has 7 nitrogen and oxygen atoms in total. The number of hydrogen-bond acceptors (Lipinski definition) is 5. The van der Waals surface area contributed by atoms with Crippen molar-refractivity contribution < 1.29 is 5.11 Å². The average molecular weight is 256 g/mol. The van der Waals surface area contributed by atoms with Crippen LogP contribution in [0.15, 0.2) is 9.59 Å². The molecule has 1 heterocycles. The van der Waals surface area contributed by atoms with Crippen LogP contribution >= 0.6 is 0 Å². The second-order valence-corrected chi connectivity index (χ2v) is 4.09. The van der Waals surface area contributed by atoms with E-state index in [0.717, 1.165) is 6.42 Å². The standard InChI is InChI=1S/C11H20N4O3/c1-3-5-7(16)6-13-8-9(12)15(4-2)11(18)14-10(8)17/h7,13,16H,3-6,12H2,1-2H3,(H,14,17,18). The molecule has 7 heteroatoms. The number of aliphatic hydroxyl groups excluding tert-OH is 1. The predicted octanol–water partition coefficient (Wildman–Crippen LogP) is -0.288. The van der Waals surface area contributed by atoms with E-state index < -0.39 is 17.4 Å². The minimum atomic E-state index is -0.564. The molecule has 0 radical (unpaired) electrons. The summed E-state index contributed by atoms with van der Waals surface area (Å²) in [5, 5.41) is 12.4. The maximum absolute atomic E-state index is 11.6. The molecule has 1 aromatic heterocycles. The number of nitrogens with zero attached hydrogens (tertiary/aromatic N) is 1. The summed E-state index contributed by atoms with van der Waals surface area (Å²) in [6, 6.07) is 0. The minimum absolute atomic E-state index is 0.0925. The van der Waals surface area contributed by atoms with E-state index >= 15 is 0 Å². The highest BCUT2D eigenvalue weighted by Gasteiger charge is 2.12. The topological polar surface area (TPSA) is 113 Å². The number of aromatic nitrogens is 2. The molecule has 0 aliphatic heterocycles. The molecule has 0 saturated carbocycles. The first-order chi connectivity index (χ1) is 8.51. The molecule has 0 aromatic carbocycles. The fourth-order valence-electron chi connectivity index (χ4n) is 1.73. The van der Waals surface area contributed by atoms with Gasteiger partial charge in [0.2, 0.25) is 0 Å². The van der Waals surface area contributed by atoms with E-state index in [9.17, 15) is 14.7 Å². The van der Waals surface area contributed by atoms with Gasteiger partial charge < -0.3 is 16.2 Å². The lowest BCUT2D eigenvalue weighted by Gasteiger charge is -2.14. The third-order valence-electron chi connectivity index (χ3n) is 2.69. The third-order valence-corrected chi connectivity index (χ3v) is 2.69. The number of nitrogens with one attached hydrogen (secondary N) is 2. The van der Waals surface area contributed by atoms with Crippen LogP contribution in [0.5, 0.6) is 0 Å². The van der Waals surface area contributed by atoms with Crippen LogP contribution in [0, 0.1) is 0 Å². The monoisotopic (exact) mass is 256 g/mol. The van der Waals surface area contributed by atoms with Crippen LogP contribution in [0.25, 0.3) is 0 Å². The van der Waals surface area contributed by atoms with E-state index in [1.807, 2.05) is 6.92 Å². The van der Waals surface area contributed by atoms with E-state index in [-0.39, 0.29) is 18.1 Å². The van der Waals surface area contributed by atoms with Gasteiger partial charge in [0.15, 0.2) is 0 Å². The van der Waals surface area contributed by atoms with Gasteiger partial charge in [-0.15, -0.1) is 0 Å². The summed E-state index contributed by atoms with van der Waals surface area (Å²) in [6.45, 7) is 4.31. The van der Waals surface area contributed by atoms with E-state index in [0.29, 0.717) is 13.0 Å². The molecule has 1 rings (SSSR count). The van der Waals surface area contributed by atoms with Gasteiger partial charge in [-0.05, 0) is 13.3 Å². The van der Waals surface area contributed by atoms with Gasteiger partial charge in [-0.3, -0.25) is 14.3 Å². The molecule has 0 aliphatic rings. The number of H-pyrrole nitrogens is 1. The Balaban J connectivity index is 2.96. The third kappa shape index (κ3) is 3.13. The van der Waals surface area contributed by atoms with Crippen molar-refractivity contribution >= 4 is 11.5 Å². The Labute approximate surface area is 105 Å². The molecular weight excluding hydrogens is 236 g/mol. The summed E-state index contributed by atoms with van der Waals surface area (Å²) in [5.41, 5.74) is 4.79. The van der Waals surface area contributed by atoms with Crippen molar-refractivity contribution in [2.24, 2.45) is 0 Å². The molecule has 1 aromatic rings. The van der Waals surface area contributed by atoms with E-state index in [2.05, 4.69) is 10.3 Å². The fraction of sp³-hybridized carbons (Fsp3) is 0.636. The Morgan fingerprint density at radius 1 is 1.44 bits per heavy atom. The summed E-state index contributed by atoms with van der Waals surface area (Å²) in [7, 11) is 0. The van der Waals surface area contributed by atoms with Crippen LogP contribution in [0.4, 0.5) is 11.5 Å². The molecule has 0 saturated heterocycles. The Morgan fingerprint density at radius 3 is 2.67 bits per heavy atom. The Morgan fingerprint density at radius 2 is 2.11 bits per heavy atom. The number of aliphatic hydroxyl groups is 1. The summed E-state index contributed by atoms with van der Waals surface area (Å²) in [5.74, 6) is 0.0925. The zero-order valence-electron chi connectivity index (χ0n) is 10.7. The highest BCUT2D eigenvalue weighted by Crippen LogP contribution is 2.10. The molecule has 0 aliphatic carbocycles. The number of hydrogen-bond donors (Lipinski definition) is 4. The molecule has 0 fully saturated rings. The van der Waals surface area contributed by atoms with Crippen LogP contribution in [-0.2, 0) is 6.54 Å². The largest absolute Gasteiger partial charge is 0.391 e. The van der Waals surface area contributed by atoms with Gasteiger partial charge in [0.05, 0.1) is 6.10 Å². The minimum Gasteiger partial charge on any atom is -0.391 e. The highest BCUT2D eigenvalue weighted by molar-refractivity contribution is 5.60. The van der Waals surface area contributed by atoms with Crippen LogP contribution < -0.4 is 22.3 Å². The normalized spacial score (nSPS) is 12.4. The van der Waals surface area contributed by atoms with Crippen molar-refractivity contribution in [3.05, 3.63) is 20.8 Å². The Kier molecular flexibility index (Phi) is 4.96. The van der Waals surface area contributed by atoms with Gasteiger partial charge in [0, 0.05) is 13.1 Å². The molecule has 1 unspecified atom stereocenters. The molecule has 102 valence electrons. The van der Waals surface area contributed by atoms with Crippen LogP contribution in [0.2, 0.25) is 0 Å². The smallest absolute Gasteiger partial charge is 0.330 e. The summed E-state index contributed by atoms with van der Waals surface area (Å²) < 4.78 is 1.26. The lowest BCUT2D eigenvalue weighted by atomic mass is 10.2. The molecule has 18 heavy (non-hydrogen) atoms. The number of anilines is 2. The predicted molar refractivity (Wildman–Crippen MR) is 70.8 cm³/mol. The summed E-state index contributed by atoms with van der Waals surface area (Å²) >= 11 is 0. The van der Waals surface area contributed by atoms with Crippen molar-refractivity contribution in [1.29, 1.82) is 0 Å². The quantitative estimate of drug-likeness (QED) is 0.558. The molecule has 0 amide bonds. The van der Waals surface area contributed by atoms with Crippen molar-refractivity contribution in [3.63, 3.8) is 0 Å². The maximum atomic E-state index is 11.6. The van der Waals surface area contributed by atoms with Crippen molar-refractivity contribution in [3.8, 4) is 0 Å². The Bertz CT molecular complexity index is 506. The van der Waals surface area contributed by atoms with Crippen molar-refractivity contribution in [2.45, 2.75) is 39.3 Å². The zero-order valence-corrected chi connectivity index (χ0v) is 10.7. The van der Waals surface area contributed by atoms with Crippen LogP contribution in [0.3, 0.4) is 0 Å². The average Bonchev–Trinajstić information content (AvgIpc) is 2.29. The van der Waals surface area contributed by atoms with Gasteiger partial charge >= 0.3 is 5.69 Å². The van der Waals surface area contributed by atoms with Crippen molar-refractivity contribution in [1.82, 2.24) is 9.55 Å². The maximum Gasteiger partial charge on any atom is 0.330 e. The van der Waals surface area contributed by atoms with Gasteiger partial charge in [-0.2, -0.15) is 0 Å². The second-order valence-electron chi connectivity index (χ2n) is 4.09. The number of aromatic amines is 1. The first-order valence-corrected chi connectivity index (χ1v) is 6.05. The summed E-state index contributed by atoms with van der Waals surface area (Å²) in [4.78, 5) is 25.2. The first kappa shape index (κ1) is 14.3. The molecule has 1 atom stereocenters. The molecule has 0 spiro atoms. The van der Waals surface area contributed by atoms with E-state index in [1.165, 1.54) is 4.57 Å². The van der Waals surface area contributed by atoms with Gasteiger partial charge in [-0.1, -0.05) is 13.3 Å². The number of rotatable bonds is 6. The van der Waals surface area contributed by atoms with Crippen molar-refractivity contribution in [2.75, 3.05) is 17.6 Å².